The van der Waals surface area contributed by atoms with Crippen molar-refractivity contribution in [3.63, 3.8) is 0 Å². The molecule has 14 heavy (non-hydrogen) atoms. The van der Waals surface area contributed by atoms with Gasteiger partial charge in [0.2, 0.25) is 6.10 Å². The minimum absolute atomic E-state index is 0.454. The second-order valence-corrected chi connectivity index (χ2v) is 2.74. The van der Waals surface area contributed by atoms with Gasteiger partial charge in [-0.15, -0.1) is 0 Å². The number of ether oxygens (including phenoxy) is 1. The van der Waals surface area contributed by atoms with Crippen molar-refractivity contribution in [2.24, 2.45) is 0 Å². The van der Waals surface area contributed by atoms with Gasteiger partial charge in [0.15, 0.2) is 0 Å². The van der Waals surface area contributed by atoms with Gasteiger partial charge in [-0.1, -0.05) is 30.3 Å². The summed E-state index contributed by atoms with van der Waals surface area (Å²) >= 11 is 0. The fraction of sp³-hybridized carbons (Fsp3) is 0.200. The second kappa shape index (κ2) is 4.41. The third-order valence-electron chi connectivity index (χ3n) is 1.61. The SMILES string of the molecule is CC(=O)OC(C(=O)O)c1ccccc1. The summed E-state index contributed by atoms with van der Waals surface area (Å²) in [4.78, 5) is 21.4. The highest BCUT2D eigenvalue weighted by atomic mass is 16.6. The average Bonchev–Trinajstić information content (AvgIpc) is 2.15. The van der Waals surface area contributed by atoms with Gasteiger partial charge in [-0.3, -0.25) is 4.79 Å². The van der Waals surface area contributed by atoms with Crippen LogP contribution >= 0.6 is 0 Å². The van der Waals surface area contributed by atoms with Crippen molar-refractivity contribution in [3.05, 3.63) is 35.9 Å². The topological polar surface area (TPSA) is 63.6 Å². The maximum absolute atomic E-state index is 10.8. The lowest BCUT2D eigenvalue weighted by atomic mass is 10.1. The van der Waals surface area contributed by atoms with Crippen LogP contribution in [0, 0.1) is 0 Å². The molecule has 0 aromatic heterocycles. The zero-order valence-electron chi connectivity index (χ0n) is 7.64. The van der Waals surface area contributed by atoms with Crippen molar-refractivity contribution in [1.29, 1.82) is 0 Å². The Morgan fingerprint density at radius 3 is 2.29 bits per heavy atom. The number of hydrogen-bond acceptors (Lipinski definition) is 3. The number of esters is 1. The van der Waals surface area contributed by atoms with E-state index in [9.17, 15) is 9.59 Å². The lowest BCUT2D eigenvalue weighted by Gasteiger charge is -2.11. The lowest BCUT2D eigenvalue weighted by Crippen LogP contribution is -2.17. The Balaban J connectivity index is 2.89. The molecule has 1 aromatic rings. The van der Waals surface area contributed by atoms with E-state index in [1.165, 1.54) is 6.92 Å². The van der Waals surface area contributed by atoms with Crippen LogP contribution in [-0.4, -0.2) is 17.0 Å². The third kappa shape index (κ3) is 2.58. The van der Waals surface area contributed by atoms with E-state index in [0.29, 0.717) is 5.56 Å². The summed E-state index contributed by atoms with van der Waals surface area (Å²) in [5, 5.41) is 8.80. The van der Waals surface area contributed by atoms with Crippen molar-refractivity contribution < 1.29 is 19.4 Å². The number of rotatable bonds is 3. The number of aliphatic carboxylic acids is 1. The van der Waals surface area contributed by atoms with Gasteiger partial charge < -0.3 is 9.84 Å². The summed E-state index contributed by atoms with van der Waals surface area (Å²) in [6.45, 7) is 1.18. The van der Waals surface area contributed by atoms with Gasteiger partial charge in [0, 0.05) is 12.5 Å². The second-order valence-electron chi connectivity index (χ2n) is 2.74. The van der Waals surface area contributed by atoms with Crippen molar-refractivity contribution in [3.8, 4) is 0 Å². The molecule has 0 aliphatic rings. The first kappa shape index (κ1) is 10.2. The van der Waals surface area contributed by atoms with Crippen LogP contribution in [0.2, 0.25) is 0 Å². The summed E-state index contributed by atoms with van der Waals surface area (Å²) in [5.74, 6) is -1.78. The Morgan fingerprint density at radius 1 is 1.29 bits per heavy atom. The molecule has 4 nitrogen and oxygen atoms in total. The van der Waals surface area contributed by atoms with Crippen LogP contribution in [0.1, 0.15) is 18.6 Å². The van der Waals surface area contributed by atoms with Crippen LogP contribution in [0.4, 0.5) is 0 Å². The standard InChI is InChI=1S/C10H10O4/c1-7(11)14-9(10(12)13)8-5-3-2-4-6-8/h2-6,9H,1H3,(H,12,13). The van der Waals surface area contributed by atoms with E-state index >= 15 is 0 Å². The maximum Gasteiger partial charge on any atom is 0.349 e. The van der Waals surface area contributed by atoms with Gasteiger partial charge >= 0.3 is 11.9 Å². The minimum atomic E-state index is -1.21. The first-order valence-electron chi connectivity index (χ1n) is 4.06. The quantitative estimate of drug-likeness (QED) is 0.738. The van der Waals surface area contributed by atoms with Gasteiger partial charge in [0.05, 0.1) is 0 Å². The zero-order chi connectivity index (χ0) is 10.6. The molecule has 1 N–H and O–H groups in total. The molecular weight excluding hydrogens is 184 g/mol. The number of benzene rings is 1. The number of carbonyl (C=O) groups is 2. The van der Waals surface area contributed by atoms with Crippen LogP contribution in [0.3, 0.4) is 0 Å². The Hall–Kier alpha value is -1.84. The molecule has 0 saturated heterocycles. The van der Waals surface area contributed by atoms with Crippen LogP contribution in [0.25, 0.3) is 0 Å². The maximum atomic E-state index is 10.8. The normalized spacial score (nSPS) is 11.8. The summed E-state index contributed by atoms with van der Waals surface area (Å²) < 4.78 is 4.66. The third-order valence-corrected chi connectivity index (χ3v) is 1.61. The molecule has 4 heteroatoms. The number of carboxylic acid groups (broad SMARTS) is 1. The van der Waals surface area contributed by atoms with Crippen molar-refractivity contribution in [1.82, 2.24) is 0 Å². The highest BCUT2D eigenvalue weighted by molar-refractivity contribution is 5.78. The van der Waals surface area contributed by atoms with Crippen molar-refractivity contribution in [2.45, 2.75) is 13.0 Å². The monoisotopic (exact) mass is 194 g/mol. The summed E-state index contributed by atoms with van der Waals surface area (Å²) in [7, 11) is 0. The summed E-state index contributed by atoms with van der Waals surface area (Å²) in [6.07, 6.45) is -1.21. The first-order chi connectivity index (χ1) is 6.61. The molecule has 0 saturated carbocycles. The Kier molecular flexibility index (Phi) is 3.23. The molecule has 0 amide bonds. The van der Waals surface area contributed by atoms with E-state index in [2.05, 4.69) is 4.74 Å². The molecule has 0 heterocycles. The molecule has 0 aliphatic heterocycles. The number of carboxylic acids is 1. The molecule has 74 valence electrons. The molecule has 0 fully saturated rings. The molecule has 0 aliphatic carbocycles. The molecule has 0 radical (unpaired) electrons. The minimum Gasteiger partial charge on any atom is -0.478 e. The molecule has 1 unspecified atom stereocenters. The van der Waals surface area contributed by atoms with Crippen LogP contribution in [0.15, 0.2) is 30.3 Å². The first-order valence-corrected chi connectivity index (χ1v) is 4.06. The van der Waals surface area contributed by atoms with Crippen LogP contribution in [-0.2, 0) is 14.3 Å². The molecule has 1 atom stereocenters. The zero-order valence-corrected chi connectivity index (χ0v) is 7.64. The molecular formula is C10H10O4. The summed E-state index contributed by atoms with van der Waals surface area (Å²) in [5.41, 5.74) is 0.454. The van der Waals surface area contributed by atoms with E-state index in [0.717, 1.165) is 0 Å². The van der Waals surface area contributed by atoms with E-state index < -0.39 is 18.0 Å². The molecule has 0 spiro atoms. The van der Waals surface area contributed by atoms with E-state index in [-0.39, 0.29) is 0 Å². The molecule has 1 rings (SSSR count). The van der Waals surface area contributed by atoms with Crippen LogP contribution < -0.4 is 0 Å². The summed E-state index contributed by atoms with van der Waals surface area (Å²) in [6, 6.07) is 8.34. The fourth-order valence-electron chi connectivity index (χ4n) is 1.05. The highest BCUT2D eigenvalue weighted by Gasteiger charge is 2.22. The number of hydrogen-bond donors (Lipinski definition) is 1. The fourth-order valence-corrected chi connectivity index (χ4v) is 1.05. The van der Waals surface area contributed by atoms with Gasteiger partial charge in [0.1, 0.15) is 0 Å². The van der Waals surface area contributed by atoms with E-state index in [1.807, 2.05) is 0 Å². The number of carbonyl (C=O) groups excluding carboxylic acids is 1. The smallest absolute Gasteiger partial charge is 0.349 e. The predicted octanol–water partition coefficient (Wildman–Crippen LogP) is 1.38. The average molecular weight is 194 g/mol. The molecule has 0 bridgehead atoms. The van der Waals surface area contributed by atoms with E-state index in [4.69, 9.17) is 5.11 Å². The van der Waals surface area contributed by atoms with Gasteiger partial charge in [-0.25, -0.2) is 4.79 Å². The Labute approximate surface area is 81.1 Å². The van der Waals surface area contributed by atoms with Gasteiger partial charge in [-0.2, -0.15) is 0 Å². The van der Waals surface area contributed by atoms with Crippen molar-refractivity contribution in [2.75, 3.05) is 0 Å². The van der Waals surface area contributed by atoms with Crippen molar-refractivity contribution >= 4 is 11.9 Å². The van der Waals surface area contributed by atoms with Gasteiger partial charge in [0.25, 0.3) is 0 Å². The predicted molar refractivity (Wildman–Crippen MR) is 48.6 cm³/mol. The lowest BCUT2D eigenvalue weighted by molar-refractivity contribution is -0.163. The largest absolute Gasteiger partial charge is 0.478 e. The highest BCUT2D eigenvalue weighted by Crippen LogP contribution is 2.17. The van der Waals surface area contributed by atoms with Gasteiger partial charge in [-0.05, 0) is 0 Å². The molecule has 1 aromatic carbocycles. The van der Waals surface area contributed by atoms with E-state index in [1.54, 1.807) is 30.3 Å². The Morgan fingerprint density at radius 2 is 1.86 bits per heavy atom. The van der Waals surface area contributed by atoms with Crippen LogP contribution in [0.5, 0.6) is 0 Å². The Bertz CT molecular complexity index is 331.